The lowest BCUT2D eigenvalue weighted by atomic mass is 9.55. The van der Waals surface area contributed by atoms with E-state index in [4.69, 9.17) is 0 Å². The van der Waals surface area contributed by atoms with Crippen molar-refractivity contribution in [3.05, 3.63) is 53.6 Å². The lowest BCUT2D eigenvalue weighted by Crippen LogP contribution is -2.43. The van der Waals surface area contributed by atoms with Crippen LogP contribution in [0.25, 0.3) is 0 Å². The lowest BCUT2D eigenvalue weighted by molar-refractivity contribution is 0.175. The summed E-state index contributed by atoms with van der Waals surface area (Å²) in [6.07, 6.45) is 12.5. The SMILES string of the molecule is CC(C)C12CCCc3cccc(c31)CC(Cn1ccnc1)C2.Cl. The highest BCUT2D eigenvalue weighted by molar-refractivity contribution is 5.85. The standard InChI is InChI=1S/C20H26N2.ClH/c1-15(2)20-8-4-7-17-5-3-6-18(19(17)20)11-16(12-20)13-22-10-9-21-14-22;/h3,5-6,9-10,14-16H,4,7-8,11-13H2,1-2H3;1H. The molecule has 2 aliphatic rings. The van der Waals surface area contributed by atoms with E-state index in [-0.39, 0.29) is 12.4 Å². The fourth-order valence-electron chi connectivity index (χ4n) is 5.13. The summed E-state index contributed by atoms with van der Waals surface area (Å²) in [6.45, 7) is 5.98. The molecule has 2 aliphatic carbocycles. The number of hydrogen-bond donors (Lipinski definition) is 0. The number of hydrogen-bond acceptors (Lipinski definition) is 1. The Kier molecular flexibility index (Phi) is 4.55. The molecule has 0 saturated heterocycles. The van der Waals surface area contributed by atoms with E-state index in [2.05, 4.69) is 47.8 Å². The van der Waals surface area contributed by atoms with Gasteiger partial charge in [-0.1, -0.05) is 32.0 Å². The Morgan fingerprint density at radius 2 is 2.13 bits per heavy atom. The van der Waals surface area contributed by atoms with Gasteiger partial charge in [-0.15, -0.1) is 12.4 Å². The molecule has 124 valence electrons. The maximum atomic E-state index is 4.21. The lowest BCUT2D eigenvalue weighted by Gasteiger charge is -2.49. The van der Waals surface area contributed by atoms with Gasteiger partial charge in [0.1, 0.15) is 0 Å². The monoisotopic (exact) mass is 330 g/mol. The molecular formula is C20H27ClN2. The summed E-state index contributed by atoms with van der Waals surface area (Å²) in [7, 11) is 0. The van der Waals surface area contributed by atoms with Gasteiger partial charge < -0.3 is 4.57 Å². The average molecular weight is 331 g/mol. The molecular weight excluding hydrogens is 304 g/mol. The number of rotatable bonds is 3. The molecule has 0 bridgehead atoms. The van der Waals surface area contributed by atoms with E-state index in [1.54, 1.807) is 16.7 Å². The third-order valence-electron chi connectivity index (χ3n) is 6.10. The first kappa shape index (κ1) is 16.6. The van der Waals surface area contributed by atoms with Crippen LogP contribution >= 0.6 is 12.4 Å². The molecule has 1 heterocycles. The molecule has 3 heteroatoms. The Balaban J connectivity index is 0.00000156. The summed E-state index contributed by atoms with van der Waals surface area (Å²) in [5, 5.41) is 0. The highest BCUT2D eigenvalue weighted by Gasteiger charge is 2.45. The van der Waals surface area contributed by atoms with Crippen molar-refractivity contribution in [2.45, 2.75) is 57.9 Å². The zero-order valence-electron chi connectivity index (χ0n) is 14.2. The normalized spacial score (nSPS) is 25.8. The highest BCUT2D eigenvalue weighted by atomic mass is 35.5. The topological polar surface area (TPSA) is 17.8 Å². The van der Waals surface area contributed by atoms with E-state index in [1.807, 2.05) is 12.5 Å². The van der Waals surface area contributed by atoms with Crippen molar-refractivity contribution in [2.24, 2.45) is 11.8 Å². The van der Waals surface area contributed by atoms with Crippen molar-refractivity contribution in [1.29, 1.82) is 0 Å². The predicted octanol–water partition coefficient (Wildman–Crippen LogP) is 4.80. The predicted molar refractivity (Wildman–Crippen MR) is 97.2 cm³/mol. The van der Waals surface area contributed by atoms with E-state index in [1.165, 1.54) is 32.1 Å². The molecule has 2 unspecified atom stereocenters. The minimum atomic E-state index is 0. The van der Waals surface area contributed by atoms with Crippen LogP contribution in [0.3, 0.4) is 0 Å². The van der Waals surface area contributed by atoms with E-state index in [0.29, 0.717) is 5.41 Å². The summed E-state index contributed by atoms with van der Waals surface area (Å²) in [5.41, 5.74) is 5.41. The van der Waals surface area contributed by atoms with Crippen LogP contribution < -0.4 is 0 Å². The Hall–Kier alpha value is -1.28. The maximum absolute atomic E-state index is 4.21. The van der Waals surface area contributed by atoms with Gasteiger partial charge in [-0.3, -0.25) is 0 Å². The zero-order valence-corrected chi connectivity index (χ0v) is 15.0. The number of aryl methyl sites for hydroxylation is 1. The third-order valence-corrected chi connectivity index (χ3v) is 6.10. The van der Waals surface area contributed by atoms with Crippen LogP contribution in [0.15, 0.2) is 36.9 Å². The van der Waals surface area contributed by atoms with Crippen LogP contribution in [0, 0.1) is 11.8 Å². The van der Waals surface area contributed by atoms with Gasteiger partial charge >= 0.3 is 0 Å². The Morgan fingerprint density at radius 3 is 2.87 bits per heavy atom. The fourth-order valence-corrected chi connectivity index (χ4v) is 5.13. The van der Waals surface area contributed by atoms with Crippen molar-refractivity contribution in [3.8, 4) is 0 Å². The van der Waals surface area contributed by atoms with E-state index >= 15 is 0 Å². The van der Waals surface area contributed by atoms with Crippen LogP contribution in [0.2, 0.25) is 0 Å². The summed E-state index contributed by atoms with van der Waals surface area (Å²) in [6, 6.07) is 7.05. The van der Waals surface area contributed by atoms with Gasteiger partial charge in [0, 0.05) is 18.9 Å². The zero-order chi connectivity index (χ0) is 15.2. The molecule has 0 spiro atoms. The second-order valence-electron chi connectivity index (χ2n) is 7.65. The van der Waals surface area contributed by atoms with Gasteiger partial charge in [-0.2, -0.15) is 0 Å². The summed E-state index contributed by atoms with van der Waals surface area (Å²) in [4.78, 5) is 4.21. The Morgan fingerprint density at radius 1 is 1.30 bits per heavy atom. The molecule has 2 nitrogen and oxygen atoms in total. The van der Waals surface area contributed by atoms with Gasteiger partial charge in [0.2, 0.25) is 0 Å². The van der Waals surface area contributed by atoms with Gasteiger partial charge in [-0.05, 0) is 66.0 Å². The molecule has 0 saturated carbocycles. The van der Waals surface area contributed by atoms with Gasteiger partial charge in [0.25, 0.3) is 0 Å². The van der Waals surface area contributed by atoms with E-state index in [0.717, 1.165) is 18.4 Å². The van der Waals surface area contributed by atoms with E-state index in [9.17, 15) is 0 Å². The first-order valence-corrected chi connectivity index (χ1v) is 8.76. The largest absolute Gasteiger partial charge is 0.337 e. The number of nitrogens with zero attached hydrogens (tertiary/aromatic N) is 2. The van der Waals surface area contributed by atoms with Crippen molar-refractivity contribution in [3.63, 3.8) is 0 Å². The second kappa shape index (κ2) is 6.32. The molecule has 0 N–H and O–H groups in total. The minimum absolute atomic E-state index is 0. The first-order valence-electron chi connectivity index (χ1n) is 8.76. The average Bonchev–Trinajstić information content (AvgIpc) is 3.00. The number of aromatic nitrogens is 2. The van der Waals surface area contributed by atoms with Crippen LogP contribution in [0.4, 0.5) is 0 Å². The van der Waals surface area contributed by atoms with Gasteiger partial charge in [-0.25, -0.2) is 4.98 Å². The third kappa shape index (κ3) is 2.71. The smallest absolute Gasteiger partial charge is 0.0945 e. The molecule has 1 aromatic carbocycles. The number of halogens is 1. The summed E-state index contributed by atoms with van der Waals surface area (Å²) in [5.74, 6) is 1.45. The molecule has 2 aromatic rings. The second-order valence-corrected chi connectivity index (χ2v) is 7.65. The quantitative estimate of drug-likeness (QED) is 0.790. The molecule has 2 atom stereocenters. The van der Waals surface area contributed by atoms with Crippen molar-refractivity contribution < 1.29 is 0 Å². The summed E-state index contributed by atoms with van der Waals surface area (Å²) >= 11 is 0. The van der Waals surface area contributed by atoms with Crippen LogP contribution in [-0.4, -0.2) is 9.55 Å². The molecule has 4 rings (SSSR count). The highest BCUT2D eigenvalue weighted by Crippen LogP contribution is 2.52. The van der Waals surface area contributed by atoms with Crippen LogP contribution in [0.5, 0.6) is 0 Å². The van der Waals surface area contributed by atoms with Crippen LogP contribution in [-0.2, 0) is 24.8 Å². The summed E-state index contributed by atoms with van der Waals surface area (Å²) < 4.78 is 2.26. The first-order chi connectivity index (χ1) is 10.7. The minimum Gasteiger partial charge on any atom is -0.337 e. The maximum Gasteiger partial charge on any atom is 0.0945 e. The van der Waals surface area contributed by atoms with Gasteiger partial charge in [0.15, 0.2) is 0 Å². The van der Waals surface area contributed by atoms with Crippen molar-refractivity contribution in [2.75, 3.05) is 0 Å². The molecule has 23 heavy (non-hydrogen) atoms. The van der Waals surface area contributed by atoms with Crippen LogP contribution in [0.1, 0.15) is 49.8 Å². The molecule has 0 radical (unpaired) electrons. The Labute approximate surface area is 145 Å². The molecule has 0 fully saturated rings. The van der Waals surface area contributed by atoms with Gasteiger partial charge in [0.05, 0.1) is 6.33 Å². The molecule has 0 amide bonds. The number of benzene rings is 1. The molecule has 0 aliphatic heterocycles. The number of imidazole rings is 1. The Bertz CT molecular complexity index is 662. The van der Waals surface area contributed by atoms with Crippen molar-refractivity contribution in [1.82, 2.24) is 9.55 Å². The molecule has 1 aromatic heterocycles. The fraction of sp³-hybridized carbons (Fsp3) is 0.550. The van der Waals surface area contributed by atoms with E-state index < -0.39 is 0 Å². The van der Waals surface area contributed by atoms with Crippen molar-refractivity contribution >= 4 is 12.4 Å².